The Morgan fingerprint density at radius 2 is 1.94 bits per heavy atom. The average molecular weight is 327 g/mol. The minimum atomic E-state index is -0.428. The van der Waals surface area contributed by atoms with Crippen LogP contribution in [-0.2, 0) is 0 Å². The Kier molecular flexibility index (Phi) is 2.86. The Morgan fingerprint density at radius 1 is 1.17 bits per heavy atom. The quantitative estimate of drug-likeness (QED) is 0.630. The summed E-state index contributed by atoms with van der Waals surface area (Å²) in [5.41, 5.74) is 0.0930. The molecule has 0 N–H and O–H groups in total. The number of hydrogen-bond donors (Lipinski definition) is 0. The molecule has 0 saturated heterocycles. The number of halogens is 2. The molecule has 2 aromatic carbocycles. The molecule has 0 aliphatic heterocycles. The first-order chi connectivity index (χ1) is 8.66. The SMILES string of the molecule is O=c1c2ccccc2[se]n1-c1cc(Cl)ccc1F. The van der Waals surface area contributed by atoms with E-state index in [1.807, 2.05) is 18.2 Å². The molecule has 1 heterocycles. The van der Waals surface area contributed by atoms with E-state index in [1.165, 1.54) is 21.8 Å². The zero-order valence-electron chi connectivity index (χ0n) is 9.06. The molecule has 0 aliphatic carbocycles. The third-order valence-electron chi connectivity index (χ3n) is 2.62. The summed E-state index contributed by atoms with van der Waals surface area (Å²) in [6.07, 6.45) is 0. The zero-order chi connectivity index (χ0) is 12.7. The monoisotopic (exact) mass is 327 g/mol. The third kappa shape index (κ3) is 1.83. The van der Waals surface area contributed by atoms with Gasteiger partial charge in [0.1, 0.15) is 0 Å². The molecule has 0 atom stereocenters. The fourth-order valence-electron chi connectivity index (χ4n) is 1.77. The summed E-state index contributed by atoms with van der Waals surface area (Å²) in [5.74, 6) is -0.428. The molecule has 0 radical (unpaired) electrons. The third-order valence-corrected chi connectivity index (χ3v) is 5.16. The molecule has 90 valence electrons. The van der Waals surface area contributed by atoms with Gasteiger partial charge in [0.2, 0.25) is 0 Å². The second-order valence-corrected chi connectivity index (χ2v) is 6.29. The zero-order valence-corrected chi connectivity index (χ0v) is 11.5. The van der Waals surface area contributed by atoms with Crippen LogP contribution in [0.2, 0.25) is 5.02 Å². The van der Waals surface area contributed by atoms with Crippen LogP contribution in [-0.4, -0.2) is 18.3 Å². The first kappa shape index (κ1) is 11.7. The van der Waals surface area contributed by atoms with Crippen LogP contribution in [0.25, 0.3) is 15.3 Å². The first-order valence-electron chi connectivity index (χ1n) is 5.23. The Hall–Kier alpha value is -1.35. The van der Waals surface area contributed by atoms with E-state index in [9.17, 15) is 9.18 Å². The minimum absolute atomic E-state index is 0.160. The van der Waals surface area contributed by atoms with Crippen molar-refractivity contribution < 1.29 is 4.39 Å². The predicted octanol–water partition coefficient (Wildman–Crippen LogP) is 2.84. The Bertz CT molecular complexity index is 793. The van der Waals surface area contributed by atoms with Crippen LogP contribution >= 0.6 is 11.6 Å². The van der Waals surface area contributed by atoms with E-state index < -0.39 is 5.82 Å². The van der Waals surface area contributed by atoms with Crippen molar-refractivity contribution in [3.05, 3.63) is 63.7 Å². The topological polar surface area (TPSA) is 22.0 Å². The van der Waals surface area contributed by atoms with Crippen molar-refractivity contribution in [1.29, 1.82) is 0 Å². The van der Waals surface area contributed by atoms with Crippen molar-refractivity contribution in [3.8, 4) is 5.69 Å². The Labute approximate surface area is 113 Å². The molecule has 3 aromatic rings. The van der Waals surface area contributed by atoms with Crippen LogP contribution in [0, 0.1) is 5.82 Å². The molecule has 0 aliphatic rings. The van der Waals surface area contributed by atoms with E-state index in [2.05, 4.69) is 0 Å². The number of aromatic nitrogens is 1. The van der Waals surface area contributed by atoms with Gasteiger partial charge in [0, 0.05) is 0 Å². The van der Waals surface area contributed by atoms with Gasteiger partial charge in [-0.15, -0.1) is 0 Å². The second kappa shape index (κ2) is 4.39. The van der Waals surface area contributed by atoms with E-state index in [-0.39, 0.29) is 26.0 Å². The van der Waals surface area contributed by atoms with Gasteiger partial charge in [-0.25, -0.2) is 0 Å². The van der Waals surface area contributed by atoms with Crippen molar-refractivity contribution in [2.24, 2.45) is 0 Å². The van der Waals surface area contributed by atoms with E-state index in [0.717, 1.165) is 4.26 Å². The summed E-state index contributed by atoms with van der Waals surface area (Å²) in [6, 6.07) is 11.6. The van der Waals surface area contributed by atoms with Crippen LogP contribution < -0.4 is 5.56 Å². The summed E-state index contributed by atoms with van der Waals surface area (Å²) in [6.45, 7) is 0. The molecule has 0 fully saturated rings. The van der Waals surface area contributed by atoms with Gasteiger partial charge in [0.25, 0.3) is 0 Å². The van der Waals surface area contributed by atoms with E-state index in [1.54, 1.807) is 6.07 Å². The van der Waals surface area contributed by atoms with Gasteiger partial charge in [0.05, 0.1) is 0 Å². The molecule has 0 amide bonds. The van der Waals surface area contributed by atoms with Gasteiger partial charge in [-0.3, -0.25) is 0 Å². The molecule has 2 nitrogen and oxygen atoms in total. The van der Waals surface area contributed by atoms with Gasteiger partial charge in [-0.1, -0.05) is 0 Å². The van der Waals surface area contributed by atoms with Crippen LogP contribution in [0.3, 0.4) is 0 Å². The molecule has 5 heteroatoms. The summed E-state index contributed by atoms with van der Waals surface area (Å²) in [4.78, 5) is 12.2. The van der Waals surface area contributed by atoms with E-state index in [0.29, 0.717) is 10.4 Å². The van der Waals surface area contributed by atoms with Crippen LogP contribution in [0.15, 0.2) is 47.3 Å². The molecule has 0 unspecified atom stereocenters. The predicted molar refractivity (Wildman–Crippen MR) is 71.5 cm³/mol. The number of fused-ring (bicyclic) bond motifs is 1. The van der Waals surface area contributed by atoms with Gasteiger partial charge in [0.15, 0.2) is 0 Å². The molecule has 0 spiro atoms. The van der Waals surface area contributed by atoms with E-state index in [4.69, 9.17) is 11.6 Å². The Balaban J connectivity index is 2.35. The summed E-state index contributed by atoms with van der Waals surface area (Å²) < 4.78 is 16.2. The van der Waals surface area contributed by atoms with Crippen molar-refractivity contribution in [3.63, 3.8) is 0 Å². The molecular weight excluding hydrogens is 320 g/mol. The number of benzene rings is 2. The molecule has 1 aromatic heterocycles. The van der Waals surface area contributed by atoms with Crippen molar-refractivity contribution >= 4 is 36.0 Å². The fourth-order valence-corrected chi connectivity index (χ4v) is 4.06. The number of hydrogen-bond acceptors (Lipinski definition) is 1. The standard InChI is InChI=1S/C13H7ClFNOSe/c14-8-5-6-10(15)11(7-8)16-13(17)9-3-1-2-4-12(9)18-16/h1-7H. The Morgan fingerprint density at radius 3 is 2.72 bits per heavy atom. The van der Waals surface area contributed by atoms with Gasteiger partial charge in [-0.05, 0) is 0 Å². The number of rotatable bonds is 1. The van der Waals surface area contributed by atoms with Crippen molar-refractivity contribution in [2.45, 2.75) is 0 Å². The first-order valence-corrected chi connectivity index (χ1v) is 7.23. The molecular formula is C13H7ClFNOSe. The number of nitrogens with zero attached hydrogens (tertiary/aromatic N) is 1. The normalized spacial score (nSPS) is 11.0. The molecule has 3 rings (SSSR count). The molecule has 0 bridgehead atoms. The van der Waals surface area contributed by atoms with Crippen LogP contribution in [0.4, 0.5) is 4.39 Å². The summed E-state index contributed by atoms with van der Waals surface area (Å²) in [5, 5.41) is 1.07. The summed E-state index contributed by atoms with van der Waals surface area (Å²) in [7, 11) is 0. The summed E-state index contributed by atoms with van der Waals surface area (Å²) >= 11 is 5.62. The molecule has 18 heavy (non-hydrogen) atoms. The van der Waals surface area contributed by atoms with Crippen LogP contribution in [0.5, 0.6) is 0 Å². The molecule has 0 saturated carbocycles. The van der Waals surface area contributed by atoms with E-state index >= 15 is 0 Å². The van der Waals surface area contributed by atoms with Crippen molar-refractivity contribution in [2.75, 3.05) is 0 Å². The maximum absolute atomic E-state index is 13.8. The van der Waals surface area contributed by atoms with Crippen LogP contribution in [0.1, 0.15) is 0 Å². The van der Waals surface area contributed by atoms with Gasteiger partial charge >= 0.3 is 113 Å². The van der Waals surface area contributed by atoms with Gasteiger partial charge in [-0.2, -0.15) is 0 Å². The van der Waals surface area contributed by atoms with Gasteiger partial charge < -0.3 is 0 Å². The maximum atomic E-state index is 13.8. The fraction of sp³-hybridized carbons (Fsp3) is 0. The average Bonchev–Trinajstić information content (AvgIpc) is 2.71. The second-order valence-electron chi connectivity index (χ2n) is 3.78. The van der Waals surface area contributed by atoms with Crippen molar-refractivity contribution in [1.82, 2.24) is 3.56 Å².